The molecule has 15 nitrogen and oxygen atoms in total. The van der Waals surface area contributed by atoms with Crippen molar-refractivity contribution < 1.29 is 64.8 Å². The number of aliphatic hydroxyl groups is 3. The van der Waals surface area contributed by atoms with E-state index in [9.17, 15) is 20.1 Å². The summed E-state index contributed by atoms with van der Waals surface area (Å²) in [5.74, 6) is -0.586. The zero-order valence-electron chi connectivity index (χ0n) is 23.5. The number of rotatable bonds is 21. The van der Waals surface area contributed by atoms with Crippen LogP contribution in [0.4, 0.5) is 0 Å². The molecule has 1 aromatic rings. The number of carbonyl (C=O) groups excluding carboxylic acids is 1. The highest BCUT2D eigenvalue weighted by Gasteiger charge is 2.39. The summed E-state index contributed by atoms with van der Waals surface area (Å²) in [7, 11) is 0. The normalized spacial score (nSPS) is 22.2. The second kappa shape index (κ2) is 20.7. The molecule has 16 heteroatoms. The second-order valence-electron chi connectivity index (χ2n) is 9.74. The molecule has 0 bridgehead atoms. The Labute approximate surface area is 254 Å². The van der Waals surface area contributed by atoms with Crippen molar-refractivity contribution in [2.24, 2.45) is 11.8 Å². The molecule has 1 fully saturated rings. The van der Waals surface area contributed by atoms with Gasteiger partial charge >= 0.3 is 5.97 Å². The zero-order valence-corrected chi connectivity index (χ0v) is 24.3. The van der Waals surface area contributed by atoms with Crippen LogP contribution < -0.4 is 4.74 Å². The number of ether oxygens (including phenoxy) is 3. The van der Waals surface area contributed by atoms with Crippen LogP contribution >= 0.6 is 11.6 Å². The number of hydrogen-bond donors (Lipinski definition) is 7. The van der Waals surface area contributed by atoms with Gasteiger partial charge in [0.2, 0.25) is 0 Å². The summed E-state index contributed by atoms with van der Waals surface area (Å²) in [6.07, 6.45) is 5.62. The number of hydrogen-bond acceptors (Lipinski definition) is 15. The minimum absolute atomic E-state index is 0.00364. The van der Waals surface area contributed by atoms with Gasteiger partial charge in [0.05, 0.1) is 36.2 Å². The van der Waals surface area contributed by atoms with Crippen LogP contribution in [0.15, 0.2) is 48.6 Å². The van der Waals surface area contributed by atoms with Gasteiger partial charge in [0, 0.05) is 23.8 Å². The van der Waals surface area contributed by atoms with Crippen LogP contribution in [-0.2, 0) is 23.9 Å². The van der Waals surface area contributed by atoms with E-state index < -0.39 is 41.2 Å². The van der Waals surface area contributed by atoms with Gasteiger partial charge in [-0.05, 0) is 43.4 Å². The van der Waals surface area contributed by atoms with Crippen LogP contribution in [0.2, 0.25) is 5.02 Å². The number of nitrogens with zero attached hydrogens (tertiary/aromatic N) is 2. The molecule has 2 rings (SSSR count). The molecule has 0 amide bonds. The van der Waals surface area contributed by atoms with Crippen LogP contribution in [0.25, 0.3) is 0 Å². The molecule has 7 N–H and O–H groups in total. The van der Waals surface area contributed by atoms with Crippen molar-refractivity contribution in [2.45, 2.75) is 56.5 Å². The van der Waals surface area contributed by atoms with Crippen molar-refractivity contribution in [3.8, 4) is 5.75 Å². The molecular formula is C27H41ClN2O13. The monoisotopic (exact) mass is 636 g/mol. The fourth-order valence-corrected chi connectivity index (χ4v) is 4.56. The summed E-state index contributed by atoms with van der Waals surface area (Å²) in [6.45, 7) is -1.03. The quantitative estimate of drug-likeness (QED) is 0.0445. The number of esters is 1. The lowest BCUT2D eigenvalue weighted by atomic mass is 9.89. The van der Waals surface area contributed by atoms with Crippen molar-refractivity contribution in [1.82, 2.24) is 10.8 Å². The summed E-state index contributed by atoms with van der Waals surface area (Å²) in [5, 5.41) is 65.0. The molecule has 0 heterocycles. The molecule has 0 aliphatic heterocycles. The first-order valence-electron chi connectivity index (χ1n) is 13.7. The number of unbranched alkanes of at least 4 members (excludes halogenated alkanes) is 1. The Bertz CT molecular complexity index is 984. The molecule has 244 valence electrons. The predicted molar refractivity (Wildman–Crippen MR) is 147 cm³/mol. The van der Waals surface area contributed by atoms with E-state index >= 15 is 0 Å². The van der Waals surface area contributed by atoms with Crippen molar-refractivity contribution in [2.75, 3.05) is 33.0 Å². The van der Waals surface area contributed by atoms with E-state index in [0.717, 1.165) is 0 Å². The van der Waals surface area contributed by atoms with E-state index in [-0.39, 0.29) is 57.7 Å². The average molecular weight is 637 g/mol. The lowest BCUT2D eigenvalue weighted by Gasteiger charge is -2.19. The van der Waals surface area contributed by atoms with Crippen molar-refractivity contribution >= 4 is 17.6 Å². The molecule has 1 unspecified atom stereocenters. The Morgan fingerprint density at radius 2 is 1.79 bits per heavy atom. The Hall–Kier alpha value is -2.22. The number of carbonyl (C=O) groups is 1. The smallest absolute Gasteiger partial charge is 0.305 e. The average Bonchev–Trinajstić information content (AvgIpc) is 3.22. The summed E-state index contributed by atoms with van der Waals surface area (Å²) in [6, 6.07) is 6.82. The topological polar surface area (TPSA) is 211 Å². The van der Waals surface area contributed by atoms with Crippen molar-refractivity contribution in [3.63, 3.8) is 0 Å². The minimum Gasteiger partial charge on any atom is -0.491 e. The first-order chi connectivity index (χ1) is 20.5. The molecule has 0 radical (unpaired) electrons. The third-order valence-electron chi connectivity index (χ3n) is 6.46. The third-order valence-corrected chi connectivity index (χ3v) is 6.70. The van der Waals surface area contributed by atoms with Crippen molar-refractivity contribution in [3.05, 3.63) is 53.6 Å². The van der Waals surface area contributed by atoms with E-state index in [1.165, 1.54) is 0 Å². The minimum atomic E-state index is -0.916. The Kier molecular flexibility index (Phi) is 17.8. The van der Waals surface area contributed by atoms with Crippen LogP contribution in [0.1, 0.15) is 32.1 Å². The Morgan fingerprint density at radius 1 is 1.02 bits per heavy atom. The number of allylic oxidation sites excluding steroid dienone is 2. The molecule has 43 heavy (non-hydrogen) atoms. The summed E-state index contributed by atoms with van der Waals surface area (Å²) >= 11 is 5.93. The van der Waals surface area contributed by atoms with Gasteiger partial charge in [-0.2, -0.15) is 0 Å². The highest BCUT2D eigenvalue weighted by atomic mass is 35.5. The number of aliphatic hydroxyl groups excluding tert-OH is 3. The van der Waals surface area contributed by atoms with Gasteiger partial charge in [-0.25, -0.2) is 9.68 Å². The van der Waals surface area contributed by atoms with Gasteiger partial charge in [0.25, 0.3) is 0 Å². The van der Waals surface area contributed by atoms with E-state index in [1.807, 2.05) is 12.2 Å². The third kappa shape index (κ3) is 15.9. The van der Waals surface area contributed by atoms with Gasteiger partial charge in [0.15, 0.2) is 0 Å². The molecule has 1 saturated carbocycles. The molecule has 0 saturated heterocycles. The maximum Gasteiger partial charge on any atom is 0.305 e. The summed E-state index contributed by atoms with van der Waals surface area (Å²) < 4.78 is 16.0. The fourth-order valence-electron chi connectivity index (χ4n) is 4.38. The first kappa shape index (κ1) is 37.0. The lowest BCUT2D eigenvalue weighted by Crippen LogP contribution is -2.32. The van der Waals surface area contributed by atoms with Crippen LogP contribution in [0, 0.1) is 11.8 Å². The van der Waals surface area contributed by atoms with Crippen LogP contribution in [-0.4, -0.2) is 110 Å². The molecule has 1 aliphatic rings. The molecule has 1 aliphatic carbocycles. The molecule has 6 atom stereocenters. The molecule has 0 spiro atoms. The first-order valence-corrected chi connectivity index (χ1v) is 14.1. The SMILES string of the molecule is O=C(CCC/C=C\C[C@@H]1[C@@H](/C=C/[C@@H](O)COc2cccc(Cl)c2)[C@H](O)C[C@@H]1O)OCC(CON(O)O)OCCON(O)O. The summed E-state index contributed by atoms with van der Waals surface area (Å²) in [4.78, 5) is 20.9. The number of halogens is 1. The van der Waals surface area contributed by atoms with Gasteiger partial charge < -0.3 is 29.5 Å². The van der Waals surface area contributed by atoms with Gasteiger partial charge in [0.1, 0.15) is 37.8 Å². The standard InChI is InChI=1S/C27H41ClN2O13/c28-19-6-5-7-21(14-19)40-16-20(31)10-11-24-23(25(32)15-26(24)33)8-3-1-2-4-9-27(34)41-17-22(18-43-30(37)38)39-12-13-42-29(35)36/h1,3,5-7,10-11,14,20,22-26,31-33,35-38H,2,4,8-9,12-13,15-18H2/b3-1-,11-10+/t20-,22?,23-,24-,25+,26-/m1/s1. The number of benzene rings is 1. The van der Waals surface area contributed by atoms with E-state index in [1.54, 1.807) is 36.4 Å². The highest BCUT2D eigenvalue weighted by Crippen LogP contribution is 2.36. The molecule has 0 aromatic heterocycles. The van der Waals surface area contributed by atoms with Crippen LogP contribution in [0.5, 0.6) is 5.75 Å². The van der Waals surface area contributed by atoms with E-state index in [4.69, 9.17) is 46.6 Å². The Balaban J connectivity index is 1.70. The van der Waals surface area contributed by atoms with E-state index in [2.05, 4.69) is 9.68 Å². The summed E-state index contributed by atoms with van der Waals surface area (Å²) in [5.41, 5.74) is 0. The largest absolute Gasteiger partial charge is 0.491 e. The maximum absolute atomic E-state index is 12.1. The maximum atomic E-state index is 12.1. The second-order valence-corrected chi connectivity index (χ2v) is 10.2. The van der Waals surface area contributed by atoms with Gasteiger partial charge in [-0.1, -0.05) is 42.0 Å². The van der Waals surface area contributed by atoms with Crippen LogP contribution in [0.3, 0.4) is 0 Å². The predicted octanol–water partition coefficient (Wildman–Crippen LogP) is 2.06. The van der Waals surface area contributed by atoms with Gasteiger partial charge in [-0.3, -0.25) is 25.6 Å². The lowest BCUT2D eigenvalue weighted by molar-refractivity contribution is -0.497. The Morgan fingerprint density at radius 3 is 2.51 bits per heavy atom. The fraction of sp³-hybridized carbons (Fsp3) is 0.593. The van der Waals surface area contributed by atoms with E-state index in [0.29, 0.717) is 30.0 Å². The highest BCUT2D eigenvalue weighted by molar-refractivity contribution is 6.30. The zero-order chi connectivity index (χ0) is 31.6. The van der Waals surface area contributed by atoms with Gasteiger partial charge in [-0.15, -0.1) is 0 Å². The molecule has 1 aromatic carbocycles. The van der Waals surface area contributed by atoms with Crippen molar-refractivity contribution in [1.29, 1.82) is 0 Å². The molecular weight excluding hydrogens is 596 g/mol.